The molecule has 2 heterocycles. The first-order valence-corrected chi connectivity index (χ1v) is 11.7. The minimum atomic E-state index is -0.287. The second-order valence-corrected chi connectivity index (χ2v) is 8.41. The zero-order valence-corrected chi connectivity index (χ0v) is 20.8. The summed E-state index contributed by atoms with van der Waals surface area (Å²) in [6.45, 7) is 3.86. The number of carbonyl (C=O) groups is 3. The maximum absolute atomic E-state index is 12.8. The summed E-state index contributed by atoms with van der Waals surface area (Å²) >= 11 is 0. The topological polar surface area (TPSA) is 115 Å². The van der Waals surface area contributed by atoms with Crippen molar-refractivity contribution in [3.63, 3.8) is 0 Å². The van der Waals surface area contributed by atoms with Crippen molar-refractivity contribution in [1.82, 2.24) is 14.8 Å². The molecule has 0 aliphatic heterocycles. The van der Waals surface area contributed by atoms with Crippen molar-refractivity contribution in [2.24, 2.45) is 0 Å². The summed E-state index contributed by atoms with van der Waals surface area (Å²) in [6.07, 6.45) is 3.92. The van der Waals surface area contributed by atoms with Gasteiger partial charge in [-0.15, -0.1) is 0 Å². The van der Waals surface area contributed by atoms with Gasteiger partial charge in [-0.05, 0) is 80.4 Å². The van der Waals surface area contributed by atoms with E-state index in [0.29, 0.717) is 28.9 Å². The van der Waals surface area contributed by atoms with Crippen LogP contribution in [0.15, 0.2) is 73.1 Å². The molecular weight excluding hydrogens is 470 g/mol. The van der Waals surface area contributed by atoms with Crippen LogP contribution in [-0.4, -0.2) is 39.7 Å². The molecule has 0 aliphatic carbocycles. The maximum atomic E-state index is 12.8. The van der Waals surface area contributed by atoms with Crippen molar-refractivity contribution >= 4 is 29.2 Å². The Balaban J connectivity index is 1.43. The second kappa shape index (κ2) is 11.3. The molecule has 2 N–H and O–H groups in total. The van der Waals surface area contributed by atoms with Gasteiger partial charge in [0.1, 0.15) is 0 Å². The van der Waals surface area contributed by atoms with Crippen LogP contribution in [0.1, 0.15) is 44.1 Å². The lowest BCUT2D eigenvalue weighted by molar-refractivity contribution is -0.140. The SMILES string of the molecule is COC(=O)CCc1c(C)nn(-c2ccc(C(=O)Nc3cccc(NC(=O)c4cccnc4)c3)cc2)c1C. The number of methoxy groups -OCH3 is 1. The van der Waals surface area contributed by atoms with E-state index in [0.717, 1.165) is 22.6 Å². The van der Waals surface area contributed by atoms with Gasteiger partial charge in [0, 0.05) is 41.4 Å². The van der Waals surface area contributed by atoms with Gasteiger partial charge < -0.3 is 15.4 Å². The number of ether oxygens (including phenoxy) is 1. The number of hydrogen-bond acceptors (Lipinski definition) is 6. The number of nitrogens with one attached hydrogen (secondary N) is 2. The van der Waals surface area contributed by atoms with E-state index < -0.39 is 0 Å². The van der Waals surface area contributed by atoms with Crippen molar-refractivity contribution in [2.45, 2.75) is 26.7 Å². The molecule has 0 radical (unpaired) electrons. The Morgan fingerprint density at radius 1 is 0.892 bits per heavy atom. The fourth-order valence-corrected chi connectivity index (χ4v) is 3.95. The lowest BCUT2D eigenvalue weighted by Crippen LogP contribution is -2.14. The largest absolute Gasteiger partial charge is 0.469 e. The molecule has 0 aliphatic rings. The lowest BCUT2D eigenvalue weighted by Gasteiger charge is -2.10. The number of rotatable bonds is 8. The van der Waals surface area contributed by atoms with Gasteiger partial charge in [0.25, 0.3) is 11.8 Å². The van der Waals surface area contributed by atoms with Gasteiger partial charge >= 0.3 is 5.97 Å². The molecule has 4 aromatic rings. The van der Waals surface area contributed by atoms with Gasteiger partial charge in [-0.3, -0.25) is 19.4 Å². The van der Waals surface area contributed by atoms with E-state index >= 15 is 0 Å². The molecular formula is C28H27N5O4. The molecule has 9 nitrogen and oxygen atoms in total. The van der Waals surface area contributed by atoms with Gasteiger partial charge in [-0.25, -0.2) is 4.68 Å². The minimum absolute atomic E-state index is 0.261. The molecule has 0 spiro atoms. The van der Waals surface area contributed by atoms with Crippen LogP contribution in [0.4, 0.5) is 11.4 Å². The number of esters is 1. The number of anilines is 2. The Labute approximate surface area is 214 Å². The normalized spacial score (nSPS) is 10.6. The van der Waals surface area contributed by atoms with Crippen LogP contribution >= 0.6 is 0 Å². The molecule has 0 saturated heterocycles. The Kier molecular flexibility index (Phi) is 7.73. The first kappa shape index (κ1) is 25.3. The van der Waals surface area contributed by atoms with Crippen LogP contribution in [0.3, 0.4) is 0 Å². The van der Waals surface area contributed by atoms with Crippen LogP contribution in [-0.2, 0) is 16.0 Å². The number of hydrogen-bond donors (Lipinski definition) is 2. The zero-order chi connectivity index (χ0) is 26.4. The van der Waals surface area contributed by atoms with Crippen molar-refractivity contribution in [2.75, 3.05) is 17.7 Å². The third-order valence-corrected chi connectivity index (χ3v) is 5.92. The molecule has 4 rings (SSSR count). The summed E-state index contributed by atoms with van der Waals surface area (Å²) < 4.78 is 6.54. The molecule has 0 saturated carbocycles. The molecule has 0 fully saturated rings. The Hall–Kier alpha value is -4.79. The van der Waals surface area contributed by atoms with Crippen LogP contribution in [0.25, 0.3) is 5.69 Å². The standard InChI is InChI=1S/C28H27N5O4/c1-18-25(13-14-26(34)37-3)19(2)33(32-18)24-11-9-20(10-12-24)27(35)30-22-7-4-8-23(16-22)31-28(36)21-6-5-15-29-17-21/h4-12,15-17H,13-14H2,1-3H3,(H,30,35)(H,31,36). The maximum Gasteiger partial charge on any atom is 0.305 e. The minimum Gasteiger partial charge on any atom is -0.469 e. The van der Waals surface area contributed by atoms with E-state index in [2.05, 4.69) is 20.7 Å². The summed E-state index contributed by atoms with van der Waals surface area (Å²) in [5.74, 6) is -0.831. The molecule has 2 amide bonds. The number of amides is 2. The van der Waals surface area contributed by atoms with Crippen LogP contribution in [0, 0.1) is 13.8 Å². The number of nitrogens with zero attached hydrogens (tertiary/aromatic N) is 3. The van der Waals surface area contributed by atoms with Gasteiger partial charge in [0.15, 0.2) is 0 Å². The summed E-state index contributed by atoms with van der Waals surface area (Å²) in [7, 11) is 1.38. The van der Waals surface area contributed by atoms with E-state index in [1.54, 1.807) is 59.4 Å². The molecule has 0 unspecified atom stereocenters. The zero-order valence-electron chi connectivity index (χ0n) is 20.8. The molecule has 188 valence electrons. The van der Waals surface area contributed by atoms with Gasteiger partial charge in [0.05, 0.1) is 24.1 Å². The van der Waals surface area contributed by atoms with Crippen molar-refractivity contribution < 1.29 is 19.1 Å². The average Bonchev–Trinajstić information content (AvgIpc) is 3.20. The average molecular weight is 498 g/mol. The van der Waals surface area contributed by atoms with Crippen molar-refractivity contribution in [1.29, 1.82) is 0 Å². The smallest absolute Gasteiger partial charge is 0.305 e. The number of aryl methyl sites for hydroxylation is 1. The molecule has 0 bridgehead atoms. The van der Waals surface area contributed by atoms with E-state index in [4.69, 9.17) is 4.74 Å². The first-order chi connectivity index (χ1) is 17.9. The molecule has 2 aromatic carbocycles. The Bertz CT molecular complexity index is 1430. The Morgan fingerprint density at radius 2 is 1.57 bits per heavy atom. The highest BCUT2D eigenvalue weighted by Crippen LogP contribution is 2.21. The predicted octanol–water partition coefficient (Wildman–Crippen LogP) is 4.49. The van der Waals surface area contributed by atoms with Crippen LogP contribution < -0.4 is 10.6 Å². The third-order valence-electron chi connectivity index (χ3n) is 5.92. The predicted molar refractivity (Wildman–Crippen MR) is 140 cm³/mol. The van der Waals surface area contributed by atoms with Gasteiger partial charge in [-0.2, -0.15) is 5.10 Å². The highest BCUT2D eigenvalue weighted by atomic mass is 16.5. The fourth-order valence-electron chi connectivity index (χ4n) is 3.95. The summed E-state index contributed by atoms with van der Waals surface area (Å²) in [5, 5.41) is 10.3. The van der Waals surface area contributed by atoms with Crippen LogP contribution in [0.2, 0.25) is 0 Å². The second-order valence-electron chi connectivity index (χ2n) is 8.41. The lowest BCUT2D eigenvalue weighted by atomic mass is 10.1. The van der Waals surface area contributed by atoms with Gasteiger partial charge in [0.2, 0.25) is 0 Å². The molecule has 9 heteroatoms. The summed E-state index contributed by atoms with van der Waals surface area (Å²) in [6, 6.07) is 17.4. The quantitative estimate of drug-likeness (QED) is 0.347. The van der Waals surface area contributed by atoms with E-state index in [1.807, 2.05) is 26.0 Å². The number of pyridine rings is 1. The van der Waals surface area contributed by atoms with Crippen LogP contribution in [0.5, 0.6) is 0 Å². The van der Waals surface area contributed by atoms with E-state index in [-0.39, 0.29) is 24.2 Å². The number of carbonyl (C=O) groups excluding carboxylic acids is 3. The highest BCUT2D eigenvalue weighted by Gasteiger charge is 2.15. The fraction of sp³-hybridized carbons (Fsp3) is 0.179. The molecule has 2 aromatic heterocycles. The summed E-state index contributed by atoms with van der Waals surface area (Å²) in [5.41, 5.74) is 5.60. The number of benzene rings is 2. The van der Waals surface area contributed by atoms with Gasteiger partial charge in [-0.1, -0.05) is 6.07 Å². The number of aromatic nitrogens is 3. The Morgan fingerprint density at radius 3 is 2.19 bits per heavy atom. The van der Waals surface area contributed by atoms with Crippen molar-refractivity contribution in [3.05, 3.63) is 101 Å². The summed E-state index contributed by atoms with van der Waals surface area (Å²) in [4.78, 5) is 40.7. The third kappa shape index (κ3) is 6.07. The van der Waals surface area contributed by atoms with Crippen molar-refractivity contribution in [3.8, 4) is 5.69 Å². The highest BCUT2D eigenvalue weighted by molar-refractivity contribution is 6.06. The van der Waals surface area contributed by atoms with E-state index in [9.17, 15) is 14.4 Å². The first-order valence-electron chi connectivity index (χ1n) is 11.7. The monoisotopic (exact) mass is 497 g/mol. The molecule has 0 atom stereocenters. The van der Waals surface area contributed by atoms with E-state index in [1.165, 1.54) is 13.3 Å². The molecule has 37 heavy (non-hydrogen) atoms.